The molecule has 0 spiro atoms. The van der Waals surface area contributed by atoms with Gasteiger partial charge in [0.25, 0.3) is 0 Å². The number of halogens is 2. The fourth-order valence-electron chi connectivity index (χ4n) is 2.24. The third-order valence-corrected chi connectivity index (χ3v) is 3.58. The van der Waals surface area contributed by atoms with E-state index in [0.717, 1.165) is 23.8 Å². The van der Waals surface area contributed by atoms with E-state index in [0.29, 0.717) is 11.6 Å². The molecule has 26 heavy (non-hydrogen) atoms. The first-order valence-electron chi connectivity index (χ1n) is 7.77. The van der Waals surface area contributed by atoms with Crippen LogP contribution in [-0.4, -0.2) is 23.2 Å². The Morgan fingerprint density at radius 3 is 2.69 bits per heavy atom. The Kier molecular flexibility index (Phi) is 5.21. The summed E-state index contributed by atoms with van der Waals surface area (Å²) in [4.78, 5) is 16.1. The number of ether oxygens (including phenoxy) is 1. The van der Waals surface area contributed by atoms with E-state index in [4.69, 9.17) is 9.26 Å². The van der Waals surface area contributed by atoms with Crippen LogP contribution in [0.4, 0.5) is 14.5 Å². The van der Waals surface area contributed by atoms with Crippen LogP contribution in [0.3, 0.4) is 0 Å². The molecule has 0 saturated heterocycles. The molecular weight excluding hydrogens is 344 g/mol. The van der Waals surface area contributed by atoms with E-state index in [9.17, 15) is 13.6 Å². The smallest absolute Gasteiger partial charge is 0.227 e. The summed E-state index contributed by atoms with van der Waals surface area (Å²) in [7, 11) is 1.57. The van der Waals surface area contributed by atoms with Crippen LogP contribution in [0.2, 0.25) is 0 Å². The van der Waals surface area contributed by atoms with Crippen LogP contribution >= 0.6 is 0 Å². The number of carbonyl (C=O) groups is 1. The van der Waals surface area contributed by atoms with Crippen LogP contribution in [0.1, 0.15) is 12.3 Å². The molecule has 0 unspecified atom stereocenters. The molecule has 8 heteroatoms. The van der Waals surface area contributed by atoms with Crippen LogP contribution in [0.5, 0.6) is 5.75 Å². The number of rotatable bonds is 6. The van der Waals surface area contributed by atoms with Crippen LogP contribution < -0.4 is 10.1 Å². The van der Waals surface area contributed by atoms with Crippen LogP contribution in [-0.2, 0) is 11.2 Å². The first-order valence-corrected chi connectivity index (χ1v) is 7.77. The number of benzene rings is 2. The molecule has 1 heterocycles. The van der Waals surface area contributed by atoms with E-state index in [1.54, 1.807) is 31.4 Å². The third-order valence-electron chi connectivity index (χ3n) is 3.58. The van der Waals surface area contributed by atoms with E-state index in [2.05, 4.69) is 15.5 Å². The fourth-order valence-corrected chi connectivity index (χ4v) is 2.24. The van der Waals surface area contributed by atoms with E-state index < -0.39 is 17.5 Å². The second-order valence-electron chi connectivity index (χ2n) is 5.41. The predicted octanol–water partition coefficient (Wildman–Crippen LogP) is 3.59. The maximum Gasteiger partial charge on any atom is 0.227 e. The monoisotopic (exact) mass is 359 g/mol. The highest BCUT2D eigenvalue weighted by molar-refractivity contribution is 5.90. The Hall–Kier alpha value is -3.29. The molecule has 3 rings (SSSR count). The lowest BCUT2D eigenvalue weighted by Gasteiger charge is -2.05. The second kappa shape index (κ2) is 7.73. The standard InChI is InChI=1S/C18H15F2N3O3/c1-25-13-5-2-11(3-6-13)18-22-17(26-23-18)9-8-16(24)21-15-10-12(19)4-7-14(15)20/h2-7,10H,8-9H2,1H3,(H,21,24). The Morgan fingerprint density at radius 2 is 1.96 bits per heavy atom. The van der Waals surface area contributed by atoms with Crippen molar-refractivity contribution in [3.63, 3.8) is 0 Å². The van der Waals surface area contributed by atoms with Crippen LogP contribution in [0.25, 0.3) is 11.4 Å². The molecule has 0 radical (unpaired) electrons. The minimum absolute atomic E-state index is 0.0137. The van der Waals surface area contributed by atoms with Gasteiger partial charge in [0, 0.05) is 24.5 Å². The third kappa shape index (κ3) is 4.21. The molecule has 6 nitrogen and oxygen atoms in total. The second-order valence-corrected chi connectivity index (χ2v) is 5.41. The minimum atomic E-state index is -0.709. The first kappa shape index (κ1) is 17.5. The van der Waals surface area contributed by atoms with Crippen molar-refractivity contribution in [2.24, 2.45) is 0 Å². The molecule has 3 aromatic rings. The van der Waals surface area contributed by atoms with Crippen molar-refractivity contribution in [1.82, 2.24) is 10.1 Å². The van der Waals surface area contributed by atoms with Gasteiger partial charge in [0.05, 0.1) is 12.8 Å². The zero-order valence-electron chi connectivity index (χ0n) is 13.8. The molecular formula is C18H15F2N3O3. The topological polar surface area (TPSA) is 77.2 Å². The highest BCUT2D eigenvalue weighted by Crippen LogP contribution is 2.20. The van der Waals surface area contributed by atoms with Gasteiger partial charge in [0.15, 0.2) is 0 Å². The van der Waals surface area contributed by atoms with Crippen molar-refractivity contribution in [1.29, 1.82) is 0 Å². The lowest BCUT2D eigenvalue weighted by molar-refractivity contribution is -0.116. The summed E-state index contributed by atoms with van der Waals surface area (Å²) in [6.07, 6.45) is 0.159. The van der Waals surface area contributed by atoms with Crippen molar-refractivity contribution in [2.75, 3.05) is 12.4 Å². The minimum Gasteiger partial charge on any atom is -0.497 e. The number of nitrogens with one attached hydrogen (secondary N) is 1. The number of hydrogen-bond donors (Lipinski definition) is 1. The van der Waals surface area contributed by atoms with Gasteiger partial charge >= 0.3 is 0 Å². The summed E-state index contributed by atoms with van der Waals surface area (Å²) >= 11 is 0. The molecule has 0 aliphatic heterocycles. The predicted molar refractivity (Wildman–Crippen MR) is 89.6 cm³/mol. The number of anilines is 1. The Morgan fingerprint density at radius 1 is 1.19 bits per heavy atom. The first-order chi connectivity index (χ1) is 12.5. The Labute approximate surface area is 147 Å². The molecule has 0 fully saturated rings. The van der Waals surface area contributed by atoms with Crippen LogP contribution in [0.15, 0.2) is 47.0 Å². The van der Waals surface area contributed by atoms with Gasteiger partial charge in [-0.25, -0.2) is 8.78 Å². The molecule has 0 saturated carbocycles. The lowest BCUT2D eigenvalue weighted by atomic mass is 10.2. The van der Waals surface area contributed by atoms with Crippen molar-refractivity contribution in [3.05, 3.63) is 60.0 Å². The molecule has 2 aromatic carbocycles. The molecule has 134 valence electrons. The highest BCUT2D eigenvalue weighted by atomic mass is 19.1. The SMILES string of the molecule is COc1ccc(-c2noc(CCC(=O)Nc3cc(F)ccc3F)n2)cc1. The van der Waals surface area contributed by atoms with Crippen molar-refractivity contribution < 1.29 is 22.8 Å². The summed E-state index contributed by atoms with van der Waals surface area (Å²) < 4.78 is 36.8. The highest BCUT2D eigenvalue weighted by Gasteiger charge is 2.12. The Bertz CT molecular complexity index is 910. The van der Waals surface area contributed by atoms with E-state index in [-0.39, 0.29) is 24.4 Å². The van der Waals surface area contributed by atoms with Crippen molar-refractivity contribution in [2.45, 2.75) is 12.8 Å². The van der Waals surface area contributed by atoms with Gasteiger partial charge < -0.3 is 14.6 Å². The van der Waals surface area contributed by atoms with Crippen molar-refractivity contribution in [3.8, 4) is 17.1 Å². The number of nitrogens with zero attached hydrogens (tertiary/aromatic N) is 2. The lowest BCUT2D eigenvalue weighted by Crippen LogP contribution is -2.13. The maximum absolute atomic E-state index is 13.5. The molecule has 1 N–H and O–H groups in total. The molecule has 0 atom stereocenters. The normalized spacial score (nSPS) is 10.6. The summed E-state index contributed by atoms with van der Waals surface area (Å²) in [6.45, 7) is 0. The average Bonchev–Trinajstić information content (AvgIpc) is 3.12. The van der Waals surface area contributed by atoms with Gasteiger partial charge in [-0.2, -0.15) is 4.98 Å². The molecule has 0 aliphatic rings. The Balaban J connectivity index is 1.58. The largest absolute Gasteiger partial charge is 0.497 e. The number of carbonyl (C=O) groups excluding carboxylic acids is 1. The summed E-state index contributed by atoms with van der Waals surface area (Å²) in [5, 5.41) is 6.18. The summed E-state index contributed by atoms with van der Waals surface area (Å²) in [5.74, 6) is -0.468. The van der Waals surface area contributed by atoms with Gasteiger partial charge in [-0.3, -0.25) is 4.79 Å². The molecule has 0 aliphatic carbocycles. The van der Waals surface area contributed by atoms with E-state index in [1.807, 2.05) is 0 Å². The zero-order chi connectivity index (χ0) is 18.5. The average molecular weight is 359 g/mol. The van der Waals surface area contributed by atoms with Gasteiger partial charge in [0.1, 0.15) is 17.4 Å². The number of hydrogen-bond acceptors (Lipinski definition) is 5. The number of methoxy groups -OCH3 is 1. The quantitative estimate of drug-likeness (QED) is 0.728. The number of amides is 1. The van der Waals surface area contributed by atoms with E-state index >= 15 is 0 Å². The molecule has 1 amide bonds. The van der Waals surface area contributed by atoms with Crippen LogP contribution in [0, 0.1) is 11.6 Å². The maximum atomic E-state index is 13.5. The molecule has 0 bridgehead atoms. The number of aromatic nitrogens is 2. The van der Waals surface area contributed by atoms with Gasteiger partial charge in [-0.05, 0) is 36.4 Å². The van der Waals surface area contributed by atoms with Gasteiger partial charge in [-0.1, -0.05) is 5.16 Å². The zero-order valence-corrected chi connectivity index (χ0v) is 13.8. The molecule has 1 aromatic heterocycles. The summed E-state index contributed by atoms with van der Waals surface area (Å²) in [6, 6.07) is 9.95. The fraction of sp³-hybridized carbons (Fsp3) is 0.167. The van der Waals surface area contributed by atoms with Crippen molar-refractivity contribution >= 4 is 11.6 Å². The van der Waals surface area contributed by atoms with E-state index in [1.165, 1.54) is 0 Å². The summed E-state index contributed by atoms with van der Waals surface area (Å²) in [5.41, 5.74) is 0.534. The van der Waals surface area contributed by atoms with Gasteiger partial charge in [-0.15, -0.1) is 0 Å². The van der Waals surface area contributed by atoms with Gasteiger partial charge in [0.2, 0.25) is 17.6 Å². The number of aryl methyl sites for hydroxylation is 1.